The number of hydrogen-bond donors (Lipinski definition) is 1. The lowest BCUT2D eigenvalue weighted by Gasteiger charge is -2.31. The summed E-state index contributed by atoms with van der Waals surface area (Å²) in [6.07, 6.45) is 2.36. The standard InChI is InChI=1S/C30H35BrN2O3S/c1-3-4-18-32-30(35)28(19-23-8-6-5-7-9-23)33(20-24-10-14-26(31)15-11-24)29(34)22-37-21-25-12-16-27(36-2)17-13-25/h5-17,28H,3-4,18-22H2,1-2H3,(H,32,35). The van der Waals surface area contributed by atoms with E-state index in [1.165, 1.54) is 0 Å². The molecule has 0 heterocycles. The average Bonchev–Trinajstić information content (AvgIpc) is 2.92. The summed E-state index contributed by atoms with van der Waals surface area (Å²) in [5.74, 6) is 1.64. The lowest BCUT2D eigenvalue weighted by atomic mass is 10.0. The SMILES string of the molecule is CCCCNC(=O)C(Cc1ccccc1)N(Cc1ccc(Br)cc1)C(=O)CSCc1ccc(OC)cc1. The van der Waals surface area contributed by atoms with Gasteiger partial charge in [-0.3, -0.25) is 9.59 Å². The summed E-state index contributed by atoms with van der Waals surface area (Å²) >= 11 is 5.04. The fourth-order valence-electron chi connectivity index (χ4n) is 3.91. The van der Waals surface area contributed by atoms with Gasteiger partial charge in [0.05, 0.1) is 12.9 Å². The molecular weight excluding hydrogens is 548 g/mol. The molecule has 1 atom stereocenters. The molecule has 0 bridgehead atoms. The first kappa shape index (κ1) is 28.8. The highest BCUT2D eigenvalue weighted by Gasteiger charge is 2.30. The summed E-state index contributed by atoms with van der Waals surface area (Å²) in [4.78, 5) is 28.9. The molecule has 3 rings (SSSR count). The Morgan fingerprint density at radius 3 is 2.27 bits per heavy atom. The molecule has 1 unspecified atom stereocenters. The Bertz CT molecular complexity index is 1110. The number of ether oxygens (including phenoxy) is 1. The van der Waals surface area contributed by atoms with Crippen molar-refractivity contribution in [3.05, 3.63) is 100 Å². The molecule has 7 heteroatoms. The van der Waals surface area contributed by atoms with Crippen LogP contribution in [0, 0.1) is 0 Å². The molecule has 0 aliphatic rings. The van der Waals surface area contributed by atoms with Crippen LogP contribution in [-0.2, 0) is 28.3 Å². The van der Waals surface area contributed by atoms with Gasteiger partial charge in [0.1, 0.15) is 11.8 Å². The molecule has 0 aliphatic heterocycles. The molecule has 0 aromatic heterocycles. The Kier molecular flexibility index (Phi) is 12.0. The minimum Gasteiger partial charge on any atom is -0.497 e. The third-order valence-corrected chi connectivity index (χ3v) is 7.54. The molecule has 0 aliphatic carbocycles. The van der Waals surface area contributed by atoms with Gasteiger partial charge in [-0.15, -0.1) is 11.8 Å². The number of amides is 2. The van der Waals surface area contributed by atoms with Crippen LogP contribution in [0.3, 0.4) is 0 Å². The predicted octanol–water partition coefficient (Wildman–Crippen LogP) is 6.25. The van der Waals surface area contributed by atoms with Crippen LogP contribution in [0.2, 0.25) is 0 Å². The number of thioether (sulfide) groups is 1. The maximum Gasteiger partial charge on any atom is 0.243 e. The van der Waals surface area contributed by atoms with E-state index in [0.717, 1.165) is 39.8 Å². The zero-order chi connectivity index (χ0) is 26.5. The van der Waals surface area contributed by atoms with Crippen molar-refractivity contribution in [2.75, 3.05) is 19.4 Å². The third-order valence-electron chi connectivity index (χ3n) is 6.02. The first-order chi connectivity index (χ1) is 18.0. The van der Waals surface area contributed by atoms with Gasteiger partial charge in [0.25, 0.3) is 0 Å². The van der Waals surface area contributed by atoms with Crippen molar-refractivity contribution in [1.82, 2.24) is 10.2 Å². The van der Waals surface area contributed by atoms with Crippen LogP contribution in [0.1, 0.15) is 36.5 Å². The van der Waals surface area contributed by atoms with Gasteiger partial charge in [-0.05, 0) is 47.4 Å². The van der Waals surface area contributed by atoms with Crippen molar-refractivity contribution >= 4 is 39.5 Å². The van der Waals surface area contributed by atoms with E-state index in [0.29, 0.717) is 25.3 Å². The second kappa shape index (κ2) is 15.5. The van der Waals surface area contributed by atoms with E-state index in [2.05, 4.69) is 28.2 Å². The molecule has 37 heavy (non-hydrogen) atoms. The molecule has 1 N–H and O–H groups in total. The van der Waals surface area contributed by atoms with Gasteiger partial charge in [-0.2, -0.15) is 0 Å². The van der Waals surface area contributed by atoms with E-state index in [-0.39, 0.29) is 17.6 Å². The number of nitrogens with one attached hydrogen (secondary N) is 1. The maximum atomic E-state index is 13.7. The second-order valence-corrected chi connectivity index (χ2v) is 10.7. The van der Waals surface area contributed by atoms with Crippen LogP contribution in [-0.4, -0.2) is 42.2 Å². The molecule has 0 spiro atoms. The first-order valence-electron chi connectivity index (χ1n) is 12.6. The zero-order valence-electron chi connectivity index (χ0n) is 21.5. The Hall–Kier alpha value is -2.77. The highest BCUT2D eigenvalue weighted by molar-refractivity contribution is 9.10. The zero-order valence-corrected chi connectivity index (χ0v) is 23.9. The molecule has 196 valence electrons. The van der Waals surface area contributed by atoms with Crippen molar-refractivity contribution in [2.45, 2.75) is 44.5 Å². The first-order valence-corrected chi connectivity index (χ1v) is 14.5. The largest absolute Gasteiger partial charge is 0.497 e. The fraction of sp³-hybridized carbons (Fsp3) is 0.333. The Morgan fingerprint density at radius 1 is 0.946 bits per heavy atom. The normalized spacial score (nSPS) is 11.5. The molecule has 0 radical (unpaired) electrons. The molecule has 3 aromatic carbocycles. The van der Waals surface area contributed by atoms with Gasteiger partial charge in [-0.1, -0.05) is 83.9 Å². The maximum absolute atomic E-state index is 13.7. The summed E-state index contributed by atoms with van der Waals surface area (Å²) in [5, 5.41) is 3.07. The lowest BCUT2D eigenvalue weighted by Crippen LogP contribution is -2.51. The van der Waals surface area contributed by atoms with E-state index in [4.69, 9.17) is 4.74 Å². The van der Waals surface area contributed by atoms with Crippen molar-refractivity contribution in [1.29, 1.82) is 0 Å². The van der Waals surface area contributed by atoms with E-state index >= 15 is 0 Å². The number of rotatable bonds is 14. The van der Waals surface area contributed by atoms with E-state index in [1.807, 2.05) is 78.9 Å². The minimum absolute atomic E-state index is 0.0481. The van der Waals surface area contributed by atoms with Crippen LogP contribution in [0.4, 0.5) is 0 Å². The quantitative estimate of drug-likeness (QED) is 0.228. The summed E-state index contributed by atoms with van der Waals surface area (Å²) < 4.78 is 6.21. The topological polar surface area (TPSA) is 58.6 Å². The number of nitrogens with zero attached hydrogens (tertiary/aromatic N) is 1. The summed E-state index contributed by atoms with van der Waals surface area (Å²) in [7, 11) is 1.65. The van der Waals surface area contributed by atoms with Crippen molar-refractivity contribution < 1.29 is 14.3 Å². The molecule has 2 amide bonds. The smallest absolute Gasteiger partial charge is 0.243 e. The average molecular weight is 584 g/mol. The van der Waals surface area contributed by atoms with Gasteiger partial charge in [0.2, 0.25) is 11.8 Å². The minimum atomic E-state index is -0.600. The van der Waals surface area contributed by atoms with Crippen LogP contribution < -0.4 is 10.1 Å². The van der Waals surface area contributed by atoms with Crippen LogP contribution in [0.25, 0.3) is 0 Å². The number of carbonyl (C=O) groups is 2. The number of carbonyl (C=O) groups excluding carboxylic acids is 2. The van der Waals surface area contributed by atoms with E-state index in [9.17, 15) is 9.59 Å². The lowest BCUT2D eigenvalue weighted by molar-refractivity contribution is -0.139. The highest BCUT2D eigenvalue weighted by Crippen LogP contribution is 2.21. The van der Waals surface area contributed by atoms with Crippen molar-refractivity contribution in [3.8, 4) is 5.75 Å². The van der Waals surface area contributed by atoms with Crippen molar-refractivity contribution in [3.63, 3.8) is 0 Å². The number of unbranched alkanes of at least 4 members (excludes halogenated alkanes) is 1. The molecule has 0 saturated carbocycles. The van der Waals surface area contributed by atoms with E-state index in [1.54, 1.807) is 23.8 Å². The fourth-order valence-corrected chi connectivity index (χ4v) is 5.04. The molecule has 0 saturated heterocycles. The monoisotopic (exact) mass is 582 g/mol. The number of halogens is 1. The number of benzene rings is 3. The molecule has 0 fully saturated rings. The van der Waals surface area contributed by atoms with Crippen LogP contribution in [0.15, 0.2) is 83.3 Å². The number of methoxy groups -OCH3 is 1. The van der Waals surface area contributed by atoms with Gasteiger partial charge in [-0.25, -0.2) is 0 Å². The Labute approximate surface area is 233 Å². The van der Waals surface area contributed by atoms with Gasteiger partial charge < -0.3 is 15.0 Å². The highest BCUT2D eigenvalue weighted by atomic mass is 79.9. The second-order valence-electron chi connectivity index (χ2n) is 8.84. The summed E-state index contributed by atoms with van der Waals surface area (Å²) in [6.45, 7) is 3.07. The van der Waals surface area contributed by atoms with Gasteiger partial charge >= 0.3 is 0 Å². The summed E-state index contributed by atoms with van der Waals surface area (Å²) in [5.41, 5.74) is 3.13. The molecular formula is C30H35BrN2O3S. The third kappa shape index (κ3) is 9.56. The molecule has 5 nitrogen and oxygen atoms in total. The number of hydrogen-bond acceptors (Lipinski definition) is 4. The van der Waals surface area contributed by atoms with E-state index < -0.39 is 6.04 Å². The van der Waals surface area contributed by atoms with Crippen LogP contribution >= 0.6 is 27.7 Å². The Morgan fingerprint density at radius 2 is 1.62 bits per heavy atom. The van der Waals surface area contributed by atoms with Crippen LogP contribution in [0.5, 0.6) is 5.75 Å². The Balaban J connectivity index is 1.80. The van der Waals surface area contributed by atoms with Gasteiger partial charge in [0, 0.05) is 29.7 Å². The van der Waals surface area contributed by atoms with Crippen molar-refractivity contribution in [2.24, 2.45) is 0 Å². The summed E-state index contributed by atoms with van der Waals surface area (Å²) in [6, 6.07) is 25.1. The predicted molar refractivity (Wildman–Crippen MR) is 156 cm³/mol. The van der Waals surface area contributed by atoms with Gasteiger partial charge in [0.15, 0.2) is 0 Å². The molecule has 3 aromatic rings.